The van der Waals surface area contributed by atoms with Gasteiger partial charge in [0.25, 0.3) is 0 Å². The molecule has 7 heteroatoms. The van der Waals surface area contributed by atoms with Crippen LogP contribution in [0, 0.1) is 0 Å². The van der Waals surface area contributed by atoms with Crippen LogP contribution in [0.15, 0.2) is 18.2 Å². The van der Waals surface area contributed by atoms with E-state index in [1.165, 1.54) is 0 Å². The van der Waals surface area contributed by atoms with E-state index in [-0.39, 0.29) is 24.5 Å². The van der Waals surface area contributed by atoms with Crippen molar-refractivity contribution < 1.29 is 14.3 Å². The lowest BCUT2D eigenvalue weighted by molar-refractivity contribution is -0.121. The fourth-order valence-corrected chi connectivity index (χ4v) is 3.09. The molecule has 0 saturated carbocycles. The van der Waals surface area contributed by atoms with Crippen molar-refractivity contribution in [2.24, 2.45) is 0 Å². The van der Waals surface area contributed by atoms with Gasteiger partial charge in [0.15, 0.2) is 0 Å². The number of amides is 2. The maximum atomic E-state index is 12.2. The molecule has 23 heavy (non-hydrogen) atoms. The normalized spacial score (nSPS) is 15.3. The van der Waals surface area contributed by atoms with Crippen LogP contribution in [-0.4, -0.2) is 42.6 Å². The molecule has 0 bridgehead atoms. The van der Waals surface area contributed by atoms with Gasteiger partial charge in [-0.2, -0.15) is 0 Å². The maximum Gasteiger partial charge on any atom is 0.409 e. The summed E-state index contributed by atoms with van der Waals surface area (Å²) in [6.45, 7) is 3.31. The largest absolute Gasteiger partial charge is 0.450 e. The van der Waals surface area contributed by atoms with Crippen LogP contribution in [0.1, 0.15) is 25.3 Å². The van der Waals surface area contributed by atoms with Gasteiger partial charge in [-0.05, 0) is 37.5 Å². The van der Waals surface area contributed by atoms with E-state index in [0.29, 0.717) is 48.1 Å². The lowest BCUT2D eigenvalue weighted by atomic mass is 10.0. The van der Waals surface area contributed by atoms with E-state index in [2.05, 4.69) is 5.32 Å². The smallest absolute Gasteiger partial charge is 0.409 e. The molecule has 1 aliphatic heterocycles. The van der Waals surface area contributed by atoms with Gasteiger partial charge in [-0.1, -0.05) is 29.3 Å². The molecule has 0 aromatic heterocycles. The van der Waals surface area contributed by atoms with Gasteiger partial charge in [0.1, 0.15) is 0 Å². The number of nitrogens with zero attached hydrogens (tertiary/aromatic N) is 1. The van der Waals surface area contributed by atoms with Gasteiger partial charge in [-0.15, -0.1) is 0 Å². The van der Waals surface area contributed by atoms with Crippen LogP contribution in [-0.2, 0) is 16.0 Å². The molecule has 1 aromatic rings. The van der Waals surface area contributed by atoms with Crippen molar-refractivity contribution in [2.75, 3.05) is 19.7 Å². The van der Waals surface area contributed by atoms with Gasteiger partial charge in [-0.25, -0.2) is 4.79 Å². The quantitative estimate of drug-likeness (QED) is 0.898. The Morgan fingerprint density at radius 3 is 2.43 bits per heavy atom. The van der Waals surface area contributed by atoms with Crippen molar-refractivity contribution in [2.45, 2.75) is 32.2 Å². The number of carbonyl (C=O) groups excluding carboxylic acids is 2. The summed E-state index contributed by atoms with van der Waals surface area (Å²) in [5.41, 5.74) is 0.636. The highest BCUT2D eigenvalue weighted by Crippen LogP contribution is 2.24. The highest BCUT2D eigenvalue weighted by molar-refractivity contribution is 6.36. The number of nitrogens with one attached hydrogen (secondary N) is 1. The fraction of sp³-hybridized carbons (Fsp3) is 0.500. The number of halogens is 2. The standard InChI is InChI=1S/C16H20Cl2N2O3/c1-2-23-16(22)20-8-6-11(7-9-20)19-15(21)10-12-13(17)4-3-5-14(12)18/h3-5,11H,2,6-10H2,1H3,(H,19,21). The highest BCUT2D eigenvalue weighted by Gasteiger charge is 2.24. The molecule has 1 aliphatic rings. The molecule has 0 atom stereocenters. The lowest BCUT2D eigenvalue weighted by Gasteiger charge is -2.31. The van der Waals surface area contributed by atoms with Crippen LogP contribution < -0.4 is 5.32 Å². The highest BCUT2D eigenvalue weighted by atomic mass is 35.5. The second-order valence-electron chi connectivity index (χ2n) is 5.40. The van der Waals surface area contributed by atoms with Crippen LogP contribution in [0.5, 0.6) is 0 Å². The first-order chi connectivity index (χ1) is 11.0. The first-order valence-electron chi connectivity index (χ1n) is 7.65. The Morgan fingerprint density at radius 2 is 1.87 bits per heavy atom. The van der Waals surface area contributed by atoms with Crippen molar-refractivity contribution in [3.63, 3.8) is 0 Å². The van der Waals surface area contributed by atoms with E-state index in [4.69, 9.17) is 27.9 Å². The third-order valence-electron chi connectivity index (χ3n) is 3.79. The first-order valence-corrected chi connectivity index (χ1v) is 8.40. The second-order valence-corrected chi connectivity index (χ2v) is 6.22. The second kappa shape index (κ2) is 8.41. The lowest BCUT2D eigenvalue weighted by Crippen LogP contribution is -2.47. The molecule has 126 valence electrons. The van der Waals surface area contributed by atoms with E-state index in [1.807, 2.05) is 0 Å². The van der Waals surface area contributed by atoms with Crippen molar-refractivity contribution in [1.29, 1.82) is 0 Å². The molecule has 1 saturated heterocycles. The van der Waals surface area contributed by atoms with Crippen LogP contribution in [0.3, 0.4) is 0 Å². The monoisotopic (exact) mass is 358 g/mol. The molecule has 0 radical (unpaired) electrons. The SMILES string of the molecule is CCOC(=O)N1CCC(NC(=O)Cc2c(Cl)cccc2Cl)CC1. The van der Waals surface area contributed by atoms with Gasteiger partial charge in [0, 0.05) is 29.2 Å². The van der Waals surface area contributed by atoms with Crippen LogP contribution in [0.4, 0.5) is 4.79 Å². The predicted molar refractivity (Wildman–Crippen MR) is 89.9 cm³/mol. The first kappa shape index (κ1) is 17.9. The van der Waals surface area contributed by atoms with Gasteiger partial charge < -0.3 is 15.0 Å². The van der Waals surface area contributed by atoms with Gasteiger partial charge in [0.2, 0.25) is 5.91 Å². The Hall–Kier alpha value is -1.46. The van der Waals surface area contributed by atoms with Crippen molar-refractivity contribution in [3.8, 4) is 0 Å². The number of likely N-dealkylation sites (tertiary alicyclic amines) is 1. The minimum absolute atomic E-state index is 0.0504. The number of hydrogen-bond acceptors (Lipinski definition) is 3. The zero-order chi connectivity index (χ0) is 16.8. The fourth-order valence-electron chi connectivity index (χ4n) is 2.56. The molecule has 0 aliphatic carbocycles. The molecule has 1 N–H and O–H groups in total. The summed E-state index contributed by atoms with van der Waals surface area (Å²) in [7, 11) is 0. The number of carbonyl (C=O) groups is 2. The molecule has 1 fully saturated rings. The Kier molecular flexibility index (Phi) is 6.54. The summed E-state index contributed by atoms with van der Waals surface area (Å²) >= 11 is 12.2. The molecule has 0 unspecified atom stereocenters. The van der Waals surface area contributed by atoms with Crippen molar-refractivity contribution in [3.05, 3.63) is 33.8 Å². The number of hydrogen-bond donors (Lipinski definition) is 1. The van der Waals surface area contributed by atoms with Crippen molar-refractivity contribution >= 4 is 35.2 Å². The van der Waals surface area contributed by atoms with Gasteiger partial charge in [-0.3, -0.25) is 4.79 Å². The average molecular weight is 359 g/mol. The molecule has 2 rings (SSSR count). The number of benzene rings is 1. The van der Waals surface area contributed by atoms with Crippen LogP contribution >= 0.6 is 23.2 Å². The van der Waals surface area contributed by atoms with Gasteiger partial charge >= 0.3 is 6.09 Å². The summed E-state index contributed by atoms with van der Waals surface area (Å²) < 4.78 is 4.97. The van der Waals surface area contributed by atoms with Crippen molar-refractivity contribution in [1.82, 2.24) is 10.2 Å². The topological polar surface area (TPSA) is 58.6 Å². The molecule has 2 amide bonds. The minimum Gasteiger partial charge on any atom is -0.450 e. The molecule has 1 heterocycles. The summed E-state index contributed by atoms with van der Waals surface area (Å²) in [6, 6.07) is 5.23. The van der Waals surface area contributed by atoms with Gasteiger partial charge in [0.05, 0.1) is 13.0 Å². The number of ether oxygens (including phenoxy) is 1. The summed E-state index contributed by atoms with van der Waals surface area (Å²) in [5, 5.41) is 3.96. The Morgan fingerprint density at radius 1 is 1.26 bits per heavy atom. The molecule has 1 aromatic carbocycles. The number of rotatable bonds is 4. The summed E-state index contributed by atoms with van der Waals surface area (Å²) in [4.78, 5) is 25.5. The summed E-state index contributed by atoms with van der Waals surface area (Å²) in [5.74, 6) is -0.116. The third-order valence-corrected chi connectivity index (χ3v) is 4.49. The predicted octanol–water partition coefficient (Wildman–Crippen LogP) is 3.27. The Bertz CT molecular complexity index is 552. The Labute approximate surface area is 145 Å². The van der Waals surface area contributed by atoms with E-state index in [9.17, 15) is 9.59 Å². The van der Waals surface area contributed by atoms with E-state index in [0.717, 1.165) is 0 Å². The van der Waals surface area contributed by atoms with E-state index in [1.54, 1.807) is 30.0 Å². The molecule has 0 spiro atoms. The molecular weight excluding hydrogens is 339 g/mol. The third kappa shape index (κ3) is 5.01. The Balaban J connectivity index is 1.82. The molecular formula is C16H20Cl2N2O3. The maximum absolute atomic E-state index is 12.2. The van der Waals surface area contributed by atoms with Crippen LogP contribution in [0.2, 0.25) is 10.0 Å². The zero-order valence-corrected chi connectivity index (χ0v) is 14.5. The zero-order valence-electron chi connectivity index (χ0n) is 13.0. The van der Waals surface area contributed by atoms with Crippen LogP contribution in [0.25, 0.3) is 0 Å². The minimum atomic E-state index is -0.292. The molecule has 5 nitrogen and oxygen atoms in total. The number of piperidine rings is 1. The average Bonchev–Trinajstić information content (AvgIpc) is 2.52. The summed E-state index contributed by atoms with van der Waals surface area (Å²) in [6.07, 6.45) is 1.28. The van der Waals surface area contributed by atoms with E-state index < -0.39 is 0 Å². The van der Waals surface area contributed by atoms with E-state index >= 15 is 0 Å².